The maximum atomic E-state index is 10.4. The summed E-state index contributed by atoms with van der Waals surface area (Å²) in [5.74, 6) is 3.07. The second kappa shape index (κ2) is 5.26. The number of nitrogens with zero attached hydrogens (tertiary/aromatic N) is 1. The molecular weight excluding hydrogens is 280 g/mol. The molecular formula is C8H6ClNO2Rh. The summed E-state index contributed by atoms with van der Waals surface area (Å²) < 4.78 is 0. The normalized spacial score (nSPS) is 26.0. The molecule has 0 saturated heterocycles. The minimum atomic E-state index is -0.686. The maximum absolute atomic E-state index is 10.4. The molecule has 0 aromatic rings. The summed E-state index contributed by atoms with van der Waals surface area (Å²) in [6, 6.07) is 0. The summed E-state index contributed by atoms with van der Waals surface area (Å²) in [7, 11) is 0. The van der Waals surface area contributed by atoms with Gasteiger partial charge >= 0.3 is 0 Å². The van der Waals surface area contributed by atoms with Crippen LogP contribution in [0.2, 0.25) is 0 Å². The number of rotatable bonds is 0. The number of alkyl halides is 1. The van der Waals surface area contributed by atoms with Crippen LogP contribution in [0.15, 0.2) is 16.1 Å². The number of hydrogen-bond donors (Lipinski definition) is 0. The molecule has 1 radical (unpaired) electrons. The van der Waals surface area contributed by atoms with Gasteiger partial charge in [-0.15, -0.1) is 0 Å². The first kappa shape index (κ1) is 12.5. The van der Waals surface area contributed by atoms with Crippen LogP contribution in [-0.2, 0) is 29.1 Å². The van der Waals surface area contributed by atoms with E-state index >= 15 is 0 Å². The molecule has 2 unspecified atom stereocenters. The van der Waals surface area contributed by atoms with Gasteiger partial charge < -0.3 is 0 Å². The minimum Gasteiger partial charge on any atom is -0.267 e. The summed E-state index contributed by atoms with van der Waals surface area (Å²) in [5, 5.41) is 0. The summed E-state index contributed by atoms with van der Waals surface area (Å²) >= 11 is 5.66. The van der Waals surface area contributed by atoms with Crippen molar-refractivity contribution in [3.63, 3.8) is 0 Å². The summed E-state index contributed by atoms with van der Waals surface area (Å²) in [6.45, 7) is 1.70. The van der Waals surface area contributed by atoms with E-state index in [9.17, 15) is 9.59 Å². The molecule has 0 fully saturated rings. The Labute approximate surface area is 93.3 Å². The first-order valence-corrected chi connectivity index (χ1v) is 3.81. The van der Waals surface area contributed by atoms with Gasteiger partial charge in [0.2, 0.25) is 0 Å². The molecule has 0 saturated carbocycles. The number of carbonyl (C=O) groups excluding carboxylic acids is 2. The van der Waals surface area contributed by atoms with Crippen molar-refractivity contribution in [2.45, 2.75) is 12.4 Å². The Morgan fingerprint density at radius 1 is 1.46 bits per heavy atom. The van der Waals surface area contributed by atoms with Gasteiger partial charge in [-0.05, 0) is 0 Å². The summed E-state index contributed by atoms with van der Waals surface area (Å²) in [6.07, 6.45) is 1.34. The van der Waals surface area contributed by atoms with E-state index in [4.69, 9.17) is 11.6 Å². The zero-order valence-corrected chi connectivity index (χ0v) is 9.10. The van der Waals surface area contributed by atoms with E-state index < -0.39 is 5.50 Å². The molecule has 0 aliphatic carbocycles. The molecule has 0 amide bonds. The Bertz CT molecular complexity index is 327. The zero-order valence-electron chi connectivity index (χ0n) is 6.71. The largest absolute Gasteiger partial charge is 0.267 e. The molecule has 71 valence electrons. The number of allylic oxidation sites excluding steroid dienone is 1. The third kappa shape index (κ3) is 2.46. The summed E-state index contributed by atoms with van der Waals surface area (Å²) in [4.78, 5) is 24.4. The molecule has 0 N–H and O–H groups in total. The van der Waals surface area contributed by atoms with Crippen LogP contribution < -0.4 is 0 Å². The van der Waals surface area contributed by atoms with Crippen molar-refractivity contribution in [2.75, 3.05) is 0 Å². The minimum absolute atomic E-state index is 0. The molecule has 5 heteroatoms. The van der Waals surface area contributed by atoms with Gasteiger partial charge in [0.25, 0.3) is 0 Å². The van der Waals surface area contributed by atoms with Crippen LogP contribution >= 0.6 is 11.6 Å². The van der Waals surface area contributed by atoms with Gasteiger partial charge in [-0.1, -0.05) is 18.5 Å². The van der Waals surface area contributed by atoms with Gasteiger partial charge in [0.15, 0.2) is 5.50 Å². The van der Waals surface area contributed by atoms with E-state index in [0.29, 0.717) is 5.57 Å². The van der Waals surface area contributed by atoms with Crippen molar-refractivity contribution in [3.05, 3.63) is 11.1 Å². The Balaban J connectivity index is 0.00000144. The predicted octanol–water partition coefficient (Wildman–Crippen LogP) is 0.785. The smallest absolute Gasteiger partial charge is 0.155 e. The second-order valence-corrected chi connectivity index (χ2v) is 2.86. The van der Waals surface area contributed by atoms with Gasteiger partial charge in [0.05, 0.1) is 11.1 Å². The molecule has 2 atom stereocenters. The third-order valence-corrected chi connectivity index (χ3v) is 2.12. The van der Waals surface area contributed by atoms with Gasteiger partial charge in [-0.3, -0.25) is 4.99 Å². The number of halogens is 1. The van der Waals surface area contributed by atoms with Crippen LogP contribution in [0.1, 0.15) is 6.92 Å². The van der Waals surface area contributed by atoms with E-state index in [0.717, 1.165) is 0 Å². The molecule has 13 heavy (non-hydrogen) atoms. The SMILES string of the molecule is CC1C(=C=O)C=NC(Cl)C1=C=O.[Rh]. The molecule has 3 nitrogen and oxygen atoms in total. The topological polar surface area (TPSA) is 46.5 Å². The van der Waals surface area contributed by atoms with Gasteiger partial charge in [0, 0.05) is 31.6 Å². The van der Waals surface area contributed by atoms with Crippen LogP contribution in [0.5, 0.6) is 0 Å². The molecule has 1 aliphatic heterocycles. The quantitative estimate of drug-likeness (QED) is 0.286. The van der Waals surface area contributed by atoms with Crippen molar-refractivity contribution in [2.24, 2.45) is 10.9 Å². The van der Waals surface area contributed by atoms with Crippen LogP contribution in [-0.4, -0.2) is 23.6 Å². The molecule has 1 rings (SSSR count). The standard InChI is InChI=1S/C8H6ClNO2.Rh/c1-5-6(3-11)2-10-8(9)7(5)4-12;/h2,5,8H,1H3;. The van der Waals surface area contributed by atoms with Crippen molar-refractivity contribution >= 4 is 29.7 Å². The fraction of sp³-hybridized carbons (Fsp3) is 0.375. The molecule has 0 spiro atoms. The molecule has 0 bridgehead atoms. The van der Waals surface area contributed by atoms with Crippen LogP contribution in [0, 0.1) is 5.92 Å². The summed E-state index contributed by atoms with van der Waals surface area (Å²) in [5.41, 5.74) is -0.0580. The maximum Gasteiger partial charge on any atom is 0.155 e. The predicted molar refractivity (Wildman–Crippen MR) is 45.7 cm³/mol. The van der Waals surface area contributed by atoms with E-state index in [1.165, 1.54) is 6.21 Å². The van der Waals surface area contributed by atoms with Crippen LogP contribution in [0.4, 0.5) is 0 Å². The molecule has 1 aliphatic rings. The molecule has 0 aromatic carbocycles. The third-order valence-electron chi connectivity index (χ3n) is 1.77. The van der Waals surface area contributed by atoms with Crippen molar-refractivity contribution < 1.29 is 29.1 Å². The Hall–Kier alpha value is -0.517. The first-order valence-electron chi connectivity index (χ1n) is 3.37. The molecule has 0 aromatic heterocycles. The van der Waals surface area contributed by atoms with Gasteiger partial charge in [-0.2, -0.15) is 0 Å². The number of hydrogen-bond acceptors (Lipinski definition) is 3. The van der Waals surface area contributed by atoms with Gasteiger partial charge in [0.1, 0.15) is 11.9 Å². The fourth-order valence-electron chi connectivity index (χ4n) is 0.963. The van der Waals surface area contributed by atoms with Crippen molar-refractivity contribution in [1.82, 2.24) is 0 Å². The van der Waals surface area contributed by atoms with Crippen LogP contribution in [0.3, 0.4) is 0 Å². The van der Waals surface area contributed by atoms with E-state index in [1.54, 1.807) is 18.8 Å². The average Bonchev–Trinajstić information content (AvgIpc) is 2.06. The fourth-order valence-corrected chi connectivity index (χ4v) is 1.25. The monoisotopic (exact) mass is 286 g/mol. The first-order chi connectivity index (χ1) is 5.70. The second-order valence-electron chi connectivity index (χ2n) is 2.45. The number of aliphatic imine (C=N–C) groups is 1. The zero-order chi connectivity index (χ0) is 9.14. The Morgan fingerprint density at radius 2 is 2.08 bits per heavy atom. The van der Waals surface area contributed by atoms with Gasteiger partial charge in [-0.25, -0.2) is 9.59 Å². The van der Waals surface area contributed by atoms with E-state index in [1.807, 2.05) is 0 Å². The van der Waals surface area contributed by atoms with Crippen LogP contribution in [0.25, 0.3) is 0 Å². The van der Waals surface area contributed by atoms with E-state index in [-0.39, 0.29) is 31.0 Å². The Morgan fingerprint density at radius 3 is 2.54 bits per heavy atom. The molecule has 1 heterocycles. The van der Waals surface area contributed by atoms with Crippen molar-refractivity contribution in [1.29, 1.82) is 0 Å². The van der Waals surface area contributed by atoms with E-state index in [2.05, 4.69) is 4.99 Å². The average molecular weight is 286 g/mol. The van der Waals surface area contributed by atoms with Crippen molar-refractivity contribution in [3.8, 4) is 0 Å². The Kier molecular flexibility index (Phi) is 5.06.